The smallest absolute Gasteiger partial charge is 0.0892 e. The number of ether oxygens (including phenoxy) is 2. The van der Waals surface area contributed by atoms with Gasteiger partial charge in [-0.15, -0.1) is 0 Å². The molecule has 1 aliphatic carbocycles. The number of aromatic nitrogens is 1. The molecule has 1 aromatic heterocycles. The van der Waals surface area contributed by atoms with Crippen molar-refractivity contribution in [1.82, 2.24) is 10.3 Å². The van der Waals surface area contributed by atoms with Crippen molar-refractivity contribution in [2.75, 3.05) is 13.7 Å². The molecule has 1 atom stereocenters. The number of nitrogens with zero attached hydrogens (tertiary/aromatic N) is 1. The SMILES string of the molecule is COCC(C)OCc1cccc(CNC2CC2)n1. The molecule has 1 unspecified atom stereocenters. The first kappa shape index (κ1) is 13.5. The number of rotatable bonds is 8. The van der Waals surface area contributed by atoms with E-state index in [9.17, 15) is 0 Å². The highest BCUT2D eigenvalue weighted by Gasteiger charge is 2.20. The predicted molar refractivity (Wildman–Crippen MR) is 70.2 cm³/mol. The molecular formula is C14H22N2O2. The molecule has 1 aromatic rings. The molecule has 1 heterocycles. The summed E-state index contributed by atoms with van der Waals surface area (Å²) >= 11 is 0. The lowest BCUT2D eigenvalue weighted by molar-refractivity contribution is -0.00142. The molecule has 0 bridgehead atoms. The maximum absolute atomic E-state index is 5.65. The summed E-state index contributed by atoms with van der Waals surface area (Å²) in [5, 5.41) is 3.46. The van der Waals surface area contributed by atoms with Crippen LogP contribution in [0.3, 0.4) is 0 Å². The van der Waals surface area contributed by atoms with Crippen molar-refractivity contribution in [2.24, 2.45) is 0 Å². The highest BCUT2D eigenvalue weighted by Crippen LogP contribution is 2.19. The molecule has 1 N–H and O–H groups in total. The van der Waals surface area contributed by atoms with Crippen LogP contribution in [0.4, 0.5) is 0 Å². The summed E-state index contributed by atoms with van der Waals surface area (Å²) in [4.78, 5) is 4.58. The third kappa shape index (κ3) is 4.72. The molecule has 100 valence electrons. The Morgan fingerprint density at radius 3 is 2.89 bits per heavy atom. The van der Waals surface area contributed by atoms with E-state index in [1.165, 1.54) is 12.8 Å². The molecule has 0 saturated heterocycles. The van der Waals surface area contributed by atoms with Crippen molar-refractivity contribution in [3.05, 3.63) is 29.6 Å². The maximum atomic E-state index is 5.65. The molecule has 1 aliphatic rings. The fourth-order valence-electron chi connectivity index (χ4n) is 1.75. The van der Waals surface area contributed by atoms with Crippen LogP contribution >= 0.6 is 0 Å². The summed E-state index contributed by atoms with van der Waals surface area (Å²) in [6.07, 6.45) is 2.71. The predicted octanol–water partition coefficient (Wildman–Crippen LogP) is 1.89. The first-order valence-corrected chi connectivity index (χ1v) is 6.56. The quantitative estimate of drug-likeness (QED) is 0.765. The van der Waals surface area contributed by atoms with Crippen LogP contribution in [-0.4, -0.2) is 30.8 Å². The number of hydrogen-bond acceptors (Lipinski definition) is 4. The van der Waals surface area contributed by atoms with Gasteiger partial charge in [0.1, 0.15) is 0 Å². The van der Waals surface area contributed by atoms with E-state index in [1.54, 1.807) is 7.11 Å². The van der Waals surface area contributed by atoms with E-state index < -0.39 is 0 Å². The summed E-state index contributed by atoms with van der Waals surface area (Å²) in [6.45, 7) is 4.01. The average molecular weight is 250 g/mol. The van der Waals surface area contributed by atoms with Gasteiger partial charge >= 0.3 is 0 Å². The Kier molecular flexibility index (Phi) is 5.11. The Labute approximate surface area is 109 Å². The minimum absolute atomic E-state index is 0.102. The molecule has 0 aliphatic heterocycles. The minimum atomic E-state index is 0.102. The zero-order valence-corrected chi connectivity index (χ0v) is 11.2. The van der Waals surface area contributed by atoms with E-state index in [-0.39, 0.29) is 6.10 Å². The van der Waals surface area contributed by atoms with Gasteiger partial charge in [-0.3, -0.25) is 4.98 Å². The monoisotopic (exact) mass is 250 g/mol. The van der Waals surface area contributed by atoms with Crippen LogP contribution in [0.25, 0.3) is 0 Å². The standard InChI is InChI=1S/C14H22N2O2/c1-11(9-17-2)18-10-14-5-3-4-13(16-14)8-15-12-6-7-12/h3-5,11-12,15H,6-10H2,1-2H3. The topological polar surface area (TPSA) is 43.4 Å². The fourth-order valence-corrected chi connectivity index (χ4v) is 1.75. The van der Waals surface area contributed by atoms with Crippen molar-refractivity contribution >= 4 is 0 Å². The Morgan fingerprint density at radius 1 is 1.39 bits per heavy atom. The third-order valence-electron chi connectivity index (χ3n) is 2.93. The number of methoxy groups -OCH3 is 1. The Hall–Kier alpha value is -0.970. The molecule has 18 heavy (non-hydrogen) atoms. The minimum Gasteiger partial charge on any atom is -0.382 e. The number of nitrogens with one attached hydrogen (secondary N) is 1. The van der Waals surface area contributed by atoms with Gasteiger partial charge in [0.05, 0.1) is 30.7 Å². The van der Waals surface area contributed by atoms with Crippen LogP contribution < -0.4 is 5.32 Å². The Bertz CT molecular complexity index is 367. The van der Waals surface area contributed by atoms with E-state index in [1.807, 2.05) is 19.1 Å². The van der Waals surface area contributed by atoms with Gasteiger partial charge < -0.3 is 14.8 Å². The summed E-state index contributed by atoms with van der Waals surface area (Å²) in [6, 6.07) is 6.81. The Morgan fingerprint density at radius 2 is 2.17 bits per heavy atom. The van der Waals surface area contributed by atoms with Gasteiger partial charge in [-0.1, -0.05) is 6.07 Å². The van der Waals surface area contributed by atoms with Crippen molar-refractivity contribution in [2.45, 2.75) is 45.1 Å². The molecule has 0 radical (unpaired) electrons. The fraction of sp³-hybridized carbons (Fsp3) is 0.643. The Balaban J connectivity index is 1.78. The lowest BCUT2D eigenvalue weighted by Gasteiger charge is -2.12. The zero-order valence-electron chi connectivity index (χ0n) is 11.2. The van der Waals surface area contributed by atoms with E-state index in [0.29, 0.717) is 19.3 Å². The largest absolute Gasteiger partial charge is 0.382 e. The normalized spacial score (nSPS) is 16.8. The van der Waals surface area contributed by atoms with E-state index in [4.69, 9.17) is 9.47 Å². The van der Waals surface area contributed by atoms with Crippen LogP contribution in [-0.2, 0) is 22.6 Å². The molecule has 2 rings (SSSR count). The van der Waals surface area contributed by atoms with Crippen molar-refractivity contribution in [1.29, 1.82) is 0 Å². The van der Waals surface area contributed by atoms with Crippen LogP contribution in [0.5, 0.6) is 0 Å². The summed E-state index contributed by atoms with van der Waals surface area (Å²) in [7, 11) is 1.68. The second-order valence-electron chi connectivity index (χ2n) is 4.85. The lowest BCUT2D eigenvalue weighted by atomic mass is 10.3. The van der Waals surface area contributed by atoms with Gasteiger partial charge in [0.15, 0.2) is 0 Å². The average Bonchev–Trinajstić information content (AvgIpc) is 3.19. The van der Waals surface area contributed by atoms with Gasteiger partial charge in [0, 0.05) is 19.7 Å². The van der Waals surface area contributed by atoms with Crippen molar-refractivity contribution < 1.29 is 9.47 Å². The van der Waals surface area contributed by atoms with Crippen molar-refractivity contribution in [3.63, 3.8) is 0 Å². The molecule has 4 heteroatoms. The lowest BCUT2D eigenvalue weighted by Crippen LogP contribution is -2.17. The highest BCUT2D eigenvalue weighted by molar-refractivity contribution is 5.11. The molecular weight excluding hydrogens is 228 g/mol. The van der Waals surface area contributed by atoms with Crippen LogP contribution in [0.1, 0.15) is 31.2 Å². The van der Waals surface area contributed by atoms with Crippen molar-refractivity contribution in [3.8, 4) is 0 Å². The maximum Gasteiger partial charge on any atom is 0.0892 e. The molecule has 0 amide bonds. The van der Waals surface area contributed by atoms with Gasteiger partial charge in [-0.05, 0) is 31.9 Å². The first-order chi connectivity index (χ1) is 8.78. The summed E-state index contributed by atoms with van der Waals surface area (Å²) in [5.74, 6) is 0. The van der Waals surface area contributed by atoms with Gasteiger partial charge in [-0.2, -0.15) is 0 Å². The van der Waals surface area contributed by atoms with Crippen LogP contribution in [0, 0.1) is 0 Å². The highest BCUT2D eigenvalue weighted by atomic mass is 16.5. The summed E-state index contributed by atoms with van der Waals surface area (Å²) in [5.41, 5.74) is 2.07. The molecule has 1 saturated carbocycles. The van der Waals surface area contributed by atoms with Gasteiger partial charge in [0.2, 0.25) is 0 Å². The second kappa shape index (κ2) is 6.83. The van der Waals surface area contributed by atoms with Crippen LogP contribution in [0.2, 0.25) is 0 Å². The zero-order chi connectivity index (χ0) is 12.8. The van der Waals surface area contributed by atoms with E-state index in [0.717, 1.165) is 17.9 Å². The van der Waals surface area contributed by atoms with E-state index in [2.05, 4.69) is 16.4 Å². The number of pyridine rings is 1. The third-order valence-corrected chi connectivity index (χ3v) is 2.93. The van der Waals surface area contributed by atoms with Gasteiger partial charge in [-0.25, -0.2) is 0 Å². The molecule has 0 spiro atoms. The molecule has 0 aromatic carbocycles. The first-order valence-electron chi connectivity index (χ1n) is 6.56. The van der Waals surface area contributed by atoms with Gasteiger partial charge in [0.25, 0.3) is 0 Å². The van der Waals surface area contributed by atoms with Crippen LogP contribution in [0.15, 0.2) is 18.2 Å². The number of hydrogen-bond donors (Lipinski definition) is 1. The second-order valence-corrected chi connectivity index (χ2v) is 4.85. The summed E-state index contributed by atoms with van der Waals surface area (Å²) < 4.78 is 10.7. The van der Waals surface area contributed by atoms with E-state index >= 15 is 0 Å². The molecule has 1 fully saturated rings. The molecule has 4 nitrogen and oxygen atoms in total.